The zero-order chi connectivity index (χ0) is 15.1. The summed E-state index contributed by atoms with van der Waals surface area (Å²) in [4.78, 5) is 6.80. The molecule has 0 bridgehead atoms. The van der Waals surface area contributed by atoms with Crippen LogP contribution < -0.4 is 16.8 Å². The third kappa shape index (κ3) is 10.0. The van der Waals surface area contributed by atoms with E-state index in [1.54, 1.807) is 0 Å². The molecule has 2 heterocycles. The highest BCUT2D eigenvalue weighted by molar-refractivity contribution is 5.86. The molecule has 1 aliphatic heterocycles. The second-order valence-corrected chi connectivity index (χ2v) is 5.70. The standard InChI is InChI=1S/C15H27N5O.4ClH/c16-5-7-20-10-12(14(11-20)18-6-2-8-21)9-13-3-1-4-15(17)19-13;;;;/h1,3-4,12,14,18,21H,2,5-11,16H2,(H2,17,19);4*1H/t12-,14-;;;;/m0..../s1. The maximum Gasteiger partial charge on any atom is 0.123 e. The third-order valence-corrected chi connectivity index (χ3v) is 4.00. The van der Waals surface area contributed by atoms with Crippen LogP contribution in [0.5, 0.6) is 0 Å². The predicted octanol–water partition coefficient (Wildman–Crippen LogP) is 1.12. The number of aliphatic hydroxyl groups excluding tert-OH is 1. The molecule has 0 spiro atoms. The molecule has 1 aromatic heterocycles. The minimum Gasteiger partial charge on any atom is -0.396 e. The average Bonchev–Trinajstić information content (AvgIpc) is 2.82. The van der Waals surface area contributed by atoms with Gasteiger partial charge in [-0.15, -0.1) is 49.6 Å². The van der Waals surface area contributed by atoms with E-state index in [0.717, 1.165) is 44.7 Å². The lowest BCUT2D eigenvalue weighted by molar-refractivity contribution is 0.279. The number of rotatable bonds is 8. The van der Waals surface area contributed by atoms with Crippen LogP contribution in [-0.4, -0.2) is 60.4 Å². The van der Waals surface area contributed by atoms with Gasteiger partial charge in [0.2, 0.25) is 0 Å². The first-order valence-electron chi connectivity index (χ1n) is 7.71. The normalized spacial score (nSPS) is 19.1. The molecule has 0 radical (unpaired) electrons. The van der Waals surface area contributed by atoms with E-state index in [0.29, 0.717) is 24.3 Å². The van der Waals surface area contributed by atoms with Gasteiger partial charge in [0.25, 0.3) is 0 Å². The van der Waals surface area contributed by atoms with Crippen LogP contribution in [0.2, 0.25) is 0 Å². The number of nitrogen functional groups attached to an aromatic ring is 1. The Morgan fingerprint density at radius 2 is 1.92 bits per heavy atom. The van der Waals surface area contributed by atoms with E-state index in [-0.39, 0.29) is 56.2 Å². The first-order chi connectivity index (χ1) is 10.2. The van der Waals surface area contributed by atoms with Crippen molar-refractivity contribution in [1.82, 2.24) is 15.2 Å². The molecule has 150 valence electrons. The molecular formula is C15H31Cl4N5O. The topological polar surface area (TPSA) is 100 Å². The van der Waals surface area contributed by atoms with Gasteiger partial charge in [-0.25, -0.2) is 4.98 Å². The Morgan fingerprint density at radius 3 is 2.52 bits per heavy atom. The van der Waals surface area contributed by atoms with E-state index in [1.165, 1.54) is 0 Å². The lowest BCUT2D eigenvalue weighted by Gasteiger charge is -2.19. The molecule has 6 N–H and O–H groups in total. The molecule has 25 heavy (non-hydrogen) atoms. The van der Waals surface area contributed by atoms with E-state index in [9.17, 15) is 0 Å². The molecule has 1 aromatic rings. The SMILES string of the molecule is Cl.Cl.Cl.Cl.NCCN1C[C@H](Cc2cccc(N)n2)[C@@H](NCCCO)C1. The predicted molar refractivity (Wildman–Crippen MR) is 114 cm³/mol. The number of likely N-dealkylation sites (tertiary alicyclic amines) is 1. The van der Waals surface area contributed by atoms with Crippen LogP contribution in [0.15, 0.2) is 18.2 Å². The van der Waals surface area contributed by atoms with Crippen LogP contribution in [0.1, 0.15) is 12.1 Å². The summed E-state index contributed by atoms with van der Waals surface area (Å²) in [7, 11) is 0. The van der Waals surface area contributed by atoms with Crippen molar-refractivity contribution in [2.45, 2.75) is 18.9 Å². The quantitative estimate of drug-likeness (QED) is 0.454. The number of hydrogen-bond donors (Lipinski definition) is 4. The van der Waals surface area contributed by atoms with Crippen molar-refractivity contribution in [3.8, 4) is 0 Å². The smallest absolute Gasteiger partial charge is 0.123 e. The van der Waals surface area contributed by atoms with Crippen LogP contribution in [0.25, 0.3) is 0 Å². The molecular weight excluding hydrogens is 408 g/mol. The molecule has 1 aliphatic rings. The summed E-state index contributed by atoms with van der Waals surface area (Å²) in [6.07, 6.45) is 1.71. The summed E-state index contributed by atoms with van der Waals surface area (Å²) in [5, 5.41) is 12.5. The molecule has 0 aliphatic carbocycles. The fraction of sp³-hybridized carbons (Fsp3) is 0.667. The number of halogens is 4. The maximum absolute atomic E-state index is 8.92. The Balaban J connectivity index is -0.00000121. The number of pyridine rings is 1. The van der Waals surface area contributed by atoms with Gasteiger partial charge in [-0.05, 0) is 37.4 Å². The van der Waals surface area contributed by atoms with Crippen molar-refractivity contribution in [3.05, 3.63) is 23.9 Å². The Morgan fingerprint density at radius 1 is 1.20 bits per heavy atom. The molecule has 0 amide bonds. The van der Waals surface area contributed by atoms with Gasteiger partial charge < -0.3 is 26.8 Å². The number of nitrogens with two attached hydrogens (primary N) is 2. The van der Waals surface area contributed by atoms with Gasteiger partial charge in [0.15, 0.2) is 0 Å². The van der Waals surface area contributed by atoms with Crippen molar-refractivity contribution >= 4 is 55.4 Å². The van der Waals surface area contributed by atoms with Crippen molar-refractivity contribution in [2.24, 2.45) is 11.7 Å². The van der Waals surface area contributed by atoms with Crippen LogP contribution in [0, 0.1) is 5.92 Å². The summed E-state index contributed by atoms with van der Waals surface area (Å²) >= 11 is 0. The largest absolute Gasteiger partial charge is 0.396 e. The molecule has 0 unspecified atom stereocenters. The van der Waals surface area contributed by atoms with Gasteiger partial charge in [-0.2, -0.15) is 0 Å². The summed E-state index contributed by atoms with van der Waals surface area (Å²) < 4.78 is 0. The van der Waals surface area contributed by atoms with E-state index in [4.69, 9.17) is 16.6 Å². The molecule has 1 saturated heterocycles. The molecule has 6 nitrogen and oxygen atoms in total. The number of aliphatic hydroxyl groups is 1. The fourth-order valence-electron chi connectivity index (χ4n) is 3.01. The van der Waals surface area contributed by atoms with Crippen LogP contribution in [-0.2, 0) is 6.42 Å². The Hall–Kier alpha value is -0.0500. The molecule has 1 fully saturated rings. The fourth-order valence-corrected chi connectivity index (χ4v) is 3.01. The summed E-state index contributed by atoms with van der Waals surface area (Å²) in [6, 6.07) is 6.23. The Bertz CT molecular complexity index is 444. The number of nitrogens with one attached hydrogen (secondary N) is 1. The molecule has 10 heteroatoms. The van der Waals surface area contributed by atoms with Crippen molar-refractivity contribution < 1.29 is 5.11 Å². The highest BCUT2D eigenvalue weighted by Crippen LogP contribution is 2.21. The Kier molecular flexibility index (Phi) is 19.2. The van der Waals surface area contributed by atoms with Crippen LogP contribution in [0.4, 0.5) is 5.82 Å². The second-order valence-electron chi connectivity index (χ2n) is 5.70. The first-order valence-corrected chi connectivity index (χ1v) is 7.71. The summed E-state index contributed by atoms with van der Waals surface area (Å²) in [5.41, 5.74) is 12.5. The van der Waals surface area contributed by atoms with Gasteiger partial charge in [0, 0.05) is 44.5 Å². The molecule has 0 aromatic carbocycles. The van der Waals surface area contributed by atoms with Gasteiger partial charge in [-0.1, -0.05) is 6.07 Å². The van der Waals surface area contributed by atoms with E-state index in [1.807, 2.05) is 18.2 Å². The average molecular weight is 439 g/mol. The first kappa shape index (κ1) is 29.7. The Labute approximate surface area is 175 Å². The van der Waals surface area contributed by atoms with Crippen LogP contribution in [0.3, 0.4) is 0 Å². The van der Waals surface area contributed by atoms with Crippen molar-refractivity contribution in [1.29, 1.82) is 0 Å². The monoisotopic (exact) mass is 437 g/mol. The number of aromatic nitrogens is 1. The number of anilines is 1. The van der Waals surface area contributed by atoms with Gasteiger partial charge in [-0.3, -0.25) is 0 Å². The maximum atomic E-state index is 8.92. The lowest BCUT2D eigenvalue weighted by Crippen LogP contribution is -2.38. The summed E-state index contributed by atoms with van der Waals surface area (Å²) in [5.74, 6) is 1.08. The van der Waals surface area contributed by atoms with Crippen molar-refractivity contribution in [3.63, 3.8) is 0 Å². The molecule has 2 rings (SSSR count). The van der Waals surface area contributed by atoms with Crippen molar-refractivity contribution in [2.75, 3.05) is 45.1 Å². The zero-order valence-electron chi connectivity index (χ0n) is 14.2. The van der Waals surface area contributed by atoms with Gasteiger partial charge >= 0.3 is 0 Å². The number of nitrogens with zero attached hydrogens (tertiary/aromatic N) is 2. The van der Waals surface area contributed by atoms with E-state index >= 15 is 0 Å². The minimum atomic E-state index is 0. The van der Waals surface area contributed by atoms with Gasteiger partial charge in [0.05, 0.1) is 0 Å². The highest BCUT2D eigenvalue weighted by atomic mass is 35.5. The van der Waals surface area contributed by atoms with E-state index < -0.39 is 0 Å². The second kappa shape index (κ2) is 16.1. The summed E-state index contributed by atoms with van der Waals surface area (Å²) in [6.45, 7) is 4.73. The minimum absolute atomic E-state index is 0. The number of hydrogen-bond acceptors (Lipinski definition) is 6. The lowest BCUT2D eigenvalue weighted by atomic mass is 9.97. The molecule has 0 saturated carbocycles. The van der Waals surface area contributed by atoms with Gasteiger partial charge in [0.1, 0.15) is 5.82 Å². The van der Waals surface area contributed by atoms with E-state index in [2.05, 4.69) is 15.2 Å². The third-order valence-electron chi connectivity index (χ3n) is 4.00. The zero-order valence-corrected chi connectivity index (χ0v) is 17.4. The van der Waals surface area contributed by atoms with Crippen LogP contribution >= 0.6 is 49.6 Å². The molecule has 2 atom stereocenters. The highest BCUT2D eigenvalue weighted by Gasteiger charge is 2.32.